The smallest absolute Gasteiger partial charge is 0.348 e. The summed E-state index contributed by atoms with van der Waals surface area (Å²) in [6, 6.07) is 13.1. The van der Waals surface area contributed by atoms with Crippen LogP contribution in [0, 0.1) is 11.6 Å². The summed E-state index contributed by atoms with van der Waals surface area (Å²) in [7, 11) is 0. The van der Waals surface area contributed by atoms with Gasteiger partial charge >= 0.3 is 5.97 Å². The van der Waals surface area contributed by atoms with Gasteiger partial charge in [0.25, 0.3) is 5.91 Å². The fraction of sp³-hybridized carbons (Fsp3) is 0.143. The molecule has 28 heavy (non-hydrogen) atoms. The van der Waals surface area contributed by atoms with Crippen LogP contribution in [0.4, 0.5) is 14.5 Å². The second-order valence-corrected chi connectivity index (χ2v) is 7.40. The molecule has 0 saturated heterocycles. The molecule has 1 amide bonds. The number of hydrogen-bond acceptors (Lipinski definition) is 4. The van der Waals surface area contributed by atoms with Crippen molar-refractivity contribution in [2.45, 2.75) is 12.8 Å². The molecule has 0 spiro atoms. The van der Waals surface area contributed by atoms with Crippen LogP contribution in [-0.2, 0) is 22.4 Å². The first kappa shape index (κ1) is 18.3. The summed E-state index contributed by atoms with van der Waals surface area (Å²) < 4.78 is 32.2. The maximum absolute atomic E-state index is 13.6. The third-order valence-electron chi connectivity index (χ3n) is 4.50. The maximum Gasteiger partial charge on any atom is 0.348 e. The minimum atomic E-state index is -0.899. The highest BCUT2D eigenvalue weighted by Crippen LogP contribution is 2.39. The highest BCUT2D eigenvalue weighted by atomic mass is 32.1. The number of para-hydroxylation sites is 1. The number of benzene rings is 2. The van der Waals surface area contributed by atoms with Crippen LogP contribution in [0.2, 0.25) is 0 Å². The summed E-state index contributed by atoms with van der Waals surface area (Å²) in [5.41, 5.74) is 2.86. The zero-order valence-electron chi connectivity index (χ0n) is 14.6. The Bertz CT molecular complexity index is 1060. The van der Waals surface area contributed by atoms with Crippen molar-refractivity contribution >= 4 is 28.9 Å². The van der Waals surface area contributed by atoms with Gasteiger partial charge in [0, 0.05) is 4.88 Å². The highest BCUT2D eigenvalue weighted by Gasteiger charge is 2.22. The topological polar surface area (TPSA) is 55.4 Å². The number of nitrogens with one attached hydrogen (secondary N) is 1. The van der Waals surface area contributed by atoms with Crippen molar-refractivity contribution in [2.24, 2.45) is 0 Å². The van der Waals surface area contributed by atoms with Crippen LogP contribution in [0.3, 0.4) is 0 Å². The van der Waals surface area contributed by atoms with Gasteiger partial charge in [-0.2, -0.15) is 0 Å². The van der Waals surface area contributed by atoms with Crippen LogP contribution in [0.1, 0.15) is 20.8 Å². The van der Waals surface area contributed by atoms with Crippen LogP contribution in [0.5, 0.6) is 0 Å². The van der Waals surface area contributed by atoms with Crippen molar-refractivity contribution in [3.05, 3.63) is 76.2 Å². The number of halogens is 2. The average Bonchev–Trinajstić information content (AvgIpc) is 3.14. The van der Waals surface area contributed by atoms with E-state index in [1.165, 1.54) is 23.0 Å². The molecule has 0 atom stereocenters. The van der Waals surface area contributed by atoms with E-state index >= 15 is 0 Å². The summed E-state index contributed by atoms with van der Waals surface area (Å²) >= 11 is 1.32. The Morgan fingerprint density at radius 2 is 1.71 bits per heavy atom. The molecule has 1 N–H and O–H groups in total. The molecule has 4 rings (SSSR count). The van der Waals surface area contributed by atoms with Gasteiger partial charge in [-0.15, -0.1) is 11.3 Å². The van der Waals surface area contributed by atoms with E-state index in [-0.39, 0.29) is 0 Å². The van der Waals surface area contributed by atoms with Crippen molar-refractivity contribution in [3.63, 3.8) is 0 Å². The molecule has 1 aliphatic rings. The van der Waals surface area contributed by atoms with Gasteiger partial charge in [-0.05, 0) is 47.7 Å². The molecule has 0 radical (unpaired) electrons. The fourth-order valence-electron chi connectivity index (χ4n) is 3.17. The predicted octanol–water partition coefficient (Wildman–Crippen LogP) is 4.59. The lowest BCUT2D eigenvalue weighted by molar-refractivity contribution is -0.119. The standard InChI is InChI=1S/C21H15F2NO3S/c22-15-6-3-7-16(23)19(15)24-18(25)11-27-21(26)17-10-13-9-8-12-4-1-2-5-14(12)20(13)28-17/h1-7,10H,8-9,11H2,(H,24,25). The lowest BCUT2D eigenvalue weighted by Gasteiger charge is -2.15. The molecule has 1 aliphatic carbocycles. The molecule has 3 aromatic rings. The number of hydrogen-bond donors (Lipinski definition) is 1. The number of ether oxygens (including phenoxy) is 1. The zero-order valence-corrected chi connectivity index (χ0v) is 15.4. The Hall–Kier alpha value is -3.06. The largest absolute Gasteiger partial charge is 0.451 e. The van der Waals surface area contributed by atoms with E-state index in [9.17, 15) is 18.4 Å². The molecule has 2 aromatic carbocycles. The number of anilines is 1. The third kappa shape index (κ3) is 3.53. The first-order valence-corrected chi connectivity index (χ1v) is 9.46. The van der Waals surface area contributed by atoms with Gasteiger partial charge in [0.05, 0.1) is 0 Å². The molecule has 0 aliphatic heterocycles. The second-order valence-electron chi connectivity index (χ2n) is 6.34. The molecule has 142 valence electrons. The molecular weight excluding hydrogens is 384 g/mol. The number of amides is 1. The monoisotopic (exact) mass is 399 g/mol. The van der Waals surface area contributed by atoms with Gasteiger partial charge in [-0.25, -0.2) is 13.6 Å². The molecule has 0 bridgehead atoms. The van der Waals surface area contributed by atoms with Gasteiger partial charge in [0.15, 0.2) is 6.61 Å². The lowest BCUT2D eigenvalue weighted by Crippen LogP contribution is -2.21. The van der Waals surface area contributed by atoms with E-state index in [1.54, 1.807) is 6.07 Å². The maximum atomic E-state index is 13.6. The van der Waals surface area contributed by atoms with Crippen molar-refractivity contribution in [2.75, 3.05) is 11.9 Å². The van der Waals surface area contributed by atoms with Crippen LogP contribution in [0.25, 0.3) is 10.4 Å². The van der Waals surface area contributed by atoms with E-state index < -0.39 is 35.8 Å². The summed E-state index contributed by atoms with van der Waals surface area (Å²) in [5.74, 6) is -3.25. The summed E-state index contributed by atoms with van der Waals surface area (Å²) in [4.78, 5) is 25.6. The quantitative estimate of drug-likeness (QED) is 0.653. The number of esters is 1. The molecule has 0 unspecified atom stereocenters. The molecule has 1 aromatic heterocycles. The molecule has 0 saturated carbocycles. The number of carbonyl (C=O) groups is 2. The minimum Gasteiger partial charge on any atom is -0.451 e. The number of aryl methyl sites for hydroxylation is 2. The first-order valence-electron chi connectivity index (χ1n) is 8.65. The normalized spacial score (nSPS) is 12.1. The molecular formula is C21H15F2NO3S. The van der Waals surface area contributed by atoms with Crippen molar-refractivity contribution < 1.29 is 23.1 Å². The second kappa shape index (κ2) is 7.52. The molecule has 7 heteroatoms. The van der Waals surface area contributed by atoms with Gasteiger partial charge < -0.3 is 10.1 Å². The van der Waals surface area contributed by atoms with E-state index in [1.807, 2.05) is 18.2 Å². The third-order valence-corrected chi connectivity index (χ3v) is 5.69. The highest BCUT2D eigenvalue weighted by molar-refractivity contribution is 7.17. The number of rotatable bonds is 4. The van der Waals surface area contributed by atoms with E-state index in [0.717, 1.165) is 41.0 Å². The van der Waals surface area contributed by atoms with E-state index in [2.05, 4.69) is 11.4 Å². The zero-order chi connectivity index (χ0) is 19.7. The van der Waals surface area contributed by atoms with Crippen LogP contribution < -0.4 is 5.32 Å². The van der Waals surface area contributed by atoms with Gasteiger partial charge in [-0.3, -0.25) is 4.79 Å². The molecule has 1 heterocycles. The SMILES string of the molecule is O=C(COC(=O)c1cc2c(s1)-c1ccccc1CC2)Nc1c(F)cccc1F. The predicted molar refractivity (Wildman–Crippen MR) is 102 cm³/mol. The number of fused-ring (bicyclic) bond motifs is 3. The Balaban J connectivity index is 1.43. The lowest BCUT2D eigenvalue weighted by atomic mass is 9.91. The van der Waals surface area contributed by atoms with Crippen LogP contribution in [-0.4, -0.2) is 18.5 Å². The Kier molecular flexibility index (Phi) is 4.92. The van der Waals surface area contributed by atoms with Crippen LogP contribution in [0.15, 0.2) is 48.5 Å². The first-order chi connectivity index (χ1) is 13.5. The Morgan fingerprint density at radius 1 is 1.00 bits per heavy atom. The van der Waals surface area contributed by atoms with Crippen molar-refractivity contribution in [1.82, 2.24) is 0 Å². The van der Waals surface area contributed by atoms with Crippen molar-refractivity contribution in [3.8, 4) is 10.4 Å². The summed E-state index contributed by atoms with van der Waals surface area (Å²) in [6.07, 6.45) is 1.74. The van der Waals surface area contributed by atoms with Gasteiger partial charge in [0.2, 0.25) is 0 Å². The molecule has 0 fully saturated rings. The van der Waals surface area contributed by atoms with Gasteiger partial charge in [0.1, 0.15) is 22.2 Å². The number of thiophene rings is 1. The van der Waals surface area contributed by atoms with Gasteiger partial charge in [-0.1, -0.05) is 30.3 Å². The minimum absolute atomic E-state index is 0.395. The average molecular weight is 399 g/mol. The summed E-state index contributed by atoms with van der Waals surface area (Å²) in [6.45, 7) is -0.633. The van der Waals surface area contributed by atoms with E-state index in [0.29, 0.717) is 4.88 Å². The fourth-order valence-corrected chi connectivity index (χ4v) is 4.33. The van der Waals surface area contributed by atoms with Crippen molar-refractivity contribution in [1.29, 1.82) is 0 Å². The van der Waals surface area contributed by atoms with E-state index in [4.69, 9.17) is 4.74 Å². The van der Waals surface area contributed by atoms with Crippen LogP contribution >= 0.6 is 11.3 Å². The Morgan fingerprint density at radius 3 is 2.50 bits per heavy atom. The number of carbonyl (C=O) groups excluding carboxylic acids is 2. The Labute approximate surface area is 163 Å². The summed E-state index contributed by atoms with van der Waals surface area (Å²) in [5, 5.41) is 2.08. The molecule has 4 nitrogen and oxygen atoms in total.